The molecule has 0 N–H and O–H groups in total. The van der Waals surface area contributed by atoms with Crippen molar-refractivity contribution in [3.63, 3.8) is 0 Å². The van der Waals surface area contributed by atoms with Gasteiger partial charge < -0.3 is 14.2 Å². The number of ether oxygens (including phenoxy) is 3. The Balaban J connectivity index is 4.21. The molecule has 476 valence electrons. The van der Waals surface area contributed by atoms with Crippen LogP contribution >= 0.6 is 0 Å². The van der Waals surface area contributed by atoms with Crippen molar-refractivity contribution in [2.24, 2.45) is 0 Å². The predicted octanol–water partition coefficient (Wildman–Crippen LogP) is 25.4. The number of hydrogen-bond acceptors (Lipinski definition) is 6. The van der Waals surface area contributed by atoms with Gasteiger partial charge in [0.15, 0.2) is 6.10 Å². The summed E-state index contributed by atoms with van der Waals surface area (Å²) in [6.07, 6.45) is 82.9. The highest BCUT2D eigenvalue weighted by Crippen LogP contribution is 2.20. The van der Waals surface area contributed by atoms with Crippen molar-refractivity contribution in [3.05, 3.63) is 0 Å². The lowest BCUT2D eigenvalue weighted by Gasteiger charge is -2.18. The van der Waals surface area contributed by atoms with E-state index in [0.29, 0.717) is 19.3 Å². The van der Waals surface area contributed by atoms with E-state index in [2.05, 4.69) is 20.8 Å². The molecule has 0 saturated heterocycles. The Hall–Kier alpha value is -1.59. The van der Waals surface area contributed by atoms with Crippen LogP contribution in [-0.4, -0.2) is 37.2 Å². The molecular weight excluding hydrogens is 985 g/mol. The molecule has 0 aromatic carbocycles. The van der Waals surface area contributed by atoms with Crippen molar-refractivity contribution >= 4 is 17.9 Å². The van der Waals surface area contributed by atoms with Crippen molar-refractivity contribution in [1.29, 1.82) is 0 Å². The molecule has 1 atom stereocenters. The molecule has 0 amide bonds. The number of carbonyl (C=O) groups is 3. The largest absolute Gasteiger partial charge is 0.462 e. The zero-order chi connectivity index (χ0) is 57.8. The molecule has 0 saturated carbocycles. The monoisotopic (exact) mass is 1130 g/mol. The number of hydrogen-bond donors (Lipinski definition) is 0. The van der Waals surface area contributed by atoms with Crippen molar-refractivity contribution in [1.82, 2.24) is 0 Å². The summed E-state index contributed by atoms with van der Waals surface area (Å²) in [6, 6.07) is 0. The van der Waals surface area contributed by atoms with Gasteiger partial charge >= 0.3 is 17.9 Å². The quantitative estimate of drug-likeness (QED) is 0.0343. The Morgan fingerprint density at radius 1 is 0.200 bits per heavy atom. The van der Waals surface area contributed by atoms with E-state index >= 15 is 0 Å². The lowest BCUT2D eigenvalue weighted by Crippen LogP contribution is -2.30. The Labute approximate surface area is 501 Å². The highest BCUT2D eigenvalue weighted by atomic mass is 16.6. The van der Waals surface area contributed by atoms with Crippen molar-refractivity contribution in [2.45, 2.75) is 444 Å². The first-order valence-corrected chi connectivity index (χ1v) is 37.0. The average Bonchev–Trinajstić information content (AvgIpc) is 3.46. The summed E-state index contributed by atoms with van der Waals surface area (Å²) in [5.41, 5.74) is 0. The maximum absolute atomic E-state index is 13.0. The second-order valence-corrected chi connectivity index (χ2v) is 25.6. The van der Waals surface area contributed by atoms with Gasteiger partial charge in [0, 0.05) is 19.3 Å². The normalized spacial score (nSPS) is 11.9. The highest BCUT2D eigenvalue weighted by molar-refractivity contribution is 5.71. The van der Waals surface area contributed by atoms with Gasteiger partial charge in [-0.15, -0.1) is 0 Å². The van der Waals surface area contributed by atoms with Crippen LogP contribution in [0.25, 0.3) is 0 Å². The molecule has 0 bridgehead atoms. The minimum Gasteiger partial charge on any atom is -0.462 e. The predicted molar refractivity (Wildman–Crippen MR) is 349 cm³/mol. The summed E-state index contributed by atoms with van der Waals surface area (Å²) in [6.45, 7) is 6.76. The van der Waals surface area contributed by atoms with E-state index in [4.69, 9.17) is 14.2 Å². The molecule has 0 aromatic heterocycles. The molecule has 6 heteroatoms. The van der Waals surface area contributed by atoms with Gasteiger partial charge in [-0.05, 0) is 19.3 Å². The SMILES string of the molecule is CCCCCCCCCCCCCCCCCCCCCCCCCCCCC(=O)OCC(COC(=O)CCCCCCCCCCCCCCCCCC)OC(=O)CCCCCCCCCCCCCCCCCCCCCC. The van der Waals surface area contributed by atoms with Crippen LogP contribution < -0.4 is 0 Å². The van der Waals surface area contributed by atoms with Crippen LogP contribution in [0.5, 0.6) is 0 Å². The van der Waals surface area contributed by atoms with E-state index in [1.54, 1.807) is 0 Å². The summed E-state index contributed by atoms with van der Waals surface area (Å²) < 4.78 is 17.0. The number of rotatable bonds is 70. The first kappa shape index (κ1) is 78.4. The summed E-state index contributed by atoms with van der Waals surface area (Å²) >= 11 is 0. The third kappa shape index (κ3) is 67.2. The topological polar surface area (TPSA) is 78.9 Å². The van der Waals surface area contributed by atoms with E-state index in [-0.39, 0.29) is 31.1 Å². The van der Waals surface area contributed by atoms with Crippen molar-refractivity contribution in [3.8, 4) is 0 Å². The second kappa shape index (κ2) is 69.9. The van der Waals surface area contributed by atoms with E-state index < -0.39 is 6.10 Å². The van der Waals surface area contributed by atoms with Gasteiger partial charge in [0.1, 0.15) is 13.2 Å². The number of carbonyl (C=O) groups excluding carboxylic acids is 3. The fourth-order valence-electron chi connectivity index (χ4n) is 11.8. The fourth-order valence-corrected chi connectivity index (χ4v) is 11.8. The molecule has 0 rings (SSSR count). The minimum absolute atomic E-state index is 0.0599. The van der Waals surface area contributed by atoms with Gasteiger partial charge in [-0.2, -0.15) is 0 Å². The van der Waals surface area contributed by atoms with Crippen LogP contribution in [0.3, 0.4) is 0 Å². The second-order valence-electron chi connectivity index (χ2n) is 25.6. The summed E-state index contributed by atoms with van der Waals surface area (Å²) in [4.78, 5) is 38.5. The molecule has 1 unspecified atom stereocenters. The molecule has 0 heterocycles. The first-order valence-electron chi connectivity index (χ1n) is 37.0. The maximum atomic E-state index is 13.0. The standard InChI is InChI=1S/C74H144O6/c1-4-7-10-13-16-19-22-25-28-31-33-35-36-37-38-39-40-42-43-46-49-52-55-58-61-64-67-73(76)79-70-71(69-78-72(75)66-63-60-57-54-51-48-45-30-27-24-21-18-15-12-9-6-3)80-74(77)68-65-62-59-56-53-50-47-44-41-34-32-29-26-23-20-17-14-11-8-5-2/h71H,4-70H2,1-3H3. The number of unbranched alkanes of at least 4 members (excludes halogenated alkanes) is 59. The summed E-state index contributed by atoms with van der Waals surface area (Å²) in [5, 5.41) is 0. The Morgan fingerprint density at radius 2 is 0.338 bits per heavy atom. The molecular formula is C74H144O6. The molecule has 80 heavy (non-hydrogen) atoms. The van der Waals surface area contributed by atoms with Gasteiger partial charge in [0.2, 0.25) is 0 Å². The van der Waals surface area contributed by atoms with Crippen LogP contribution in [-0.2, 0) is 28.6 Å². The van der Waals surface area contributed by atoms with Crippen LogP contribution in [0.15, 0.2) is 0 Å². The third-order valence-electron chi connectivity index (χ3n) is 17.4. The van der Waals surface area contributed by atoms with Gasteiger partial charge in [-0.25, -0.2) is 0 Å². The molecule has 0 fully saturated rings. The average molecular weight is 1130 g/mol. The fraction of sp³-hybridized carbons (Fsp3) is 0.959. The zero-order valence-corrected chi connectivity index (χ0v) is 54.9. The van der Waals surface area contributed by atoms with E-state index in [9.17, 15) is 14.4 Å². The van der Waals surface area contributed by atoms with Crippen molar-refractivity contribution in [2.75, 3.05) is 13.2 Å². The Morgan fingerprint density at radius 3 is 0.500 bits per heavy atom. The lowest BCUT2D eigenvalue weighted by atomic mass is 10.0. The van der Waals surface area contributed by atoms with Crippen LogP contribution in [0.4, 0.5) is 0 Å². The third-order valence-corrected chi connectivity index (χ3v) is 17.4. The molecule has 0 aliphatic carbocycles. The van der Waals surface area contributed by atoms with Gasteiger partial charge in [0.05, 0.1) is 0 Å². The highest BCUT2D eigenvalue weighted by Gasteiger charge is 2.20. The number of esters is 3. The molecule has 0 radical (unpaired) electrons. The van der Waals surface area contributed by atoms with E-state index in [0.717, 1.165) is 57.8 Å². The summed E-state index contributed by atoms with van der Waals surface area (Å²) in [5.74, 6) is -0.816. The van der Waals surface area contributed by atoms with Crippen LogP contribution in [0.1, 0.15) is 438 Å². The zero-order valence-electron chi connectivity index (χ0n) is 54.9. The molecule has 0 spiro atoms. The van der Waals surface area contributed by atoms with Gasteiger partial charge in [-0.1, -0.05) is 400 Å². The van der Waals surface area contributed by atoms with E-state index in [1.807, 2.05) is 0 Å². The Kier molecular flexibility index (Phi) is 68.5. The lowest BCUT2D eigenvalue weighted by molar-refractivity contribution is -0.167. The van der Waals surface area contributed by atoms with E-state index in [1.165, 1.54) is 340 Å². The maximum Gasteiger partial charge on any atom is 0.306 e. The minimum atomic E-state index is -0.764. The molecule has 0 aliphatic heterocycles. The van der Waals surface area contributed by atoms with Crippen LogP contribution in [0, 0.1) is 0 Å². The molecule has 0 aromatic rings. The van der Waals surface area contributed by atoms with Gasteiger partial charge in [-0.3, -0.25) is 14.4 Å². The molecule has 6 nitrogen and oxygen atoms in total. The van der Waals surface area contributed by atoms with Gasteiger partial charge in [0.25, 0.3) is 0 Å². The first-order chi connectivity index (χ1) is 39.5. The smallest absolute Gasteiger partial charge is 0.306 e. The molecule has 0 aliphatic rings. The van der Waals surface area contributed by atoms with Crippen molar-refractivity contribution < 1.29 is 28.6 Å². The van der Waals surface area contributed by atoms with Crippen LogP contribution in [0.2, 0.25) is 0 Å². The summed E-state index contributed by atoms with van der Waals surface area (Å²) in [7, 11) is 0. The Bertz CT molecular complexity index is 1200.